The van der Waals surface area contributed by atoms with Crippen LogP contribution in [0.1, 0.15) is 60.1 Å². The number of β-lactam (4-membered cyclic amide) rings is 1. The van der Waals surface area contributed by atoms with Crippen molar-refractivity contribution in [2.75, 3.05) is 30.9 Å². The number of halogens is 1. The molecule has 0 radical (unpaired) electrons. The molecule has 6 N–H and O–H groups in total. The van der Waals surface area contributed by atoms with E-state index in [4.69, 9.17) is 0 Å². The van der Waals surface area contributed by atoms with Crippen molar-refractivity contribution in [1.82, 2.24) is 4.72 Å². The molecule has 3 unspecified atom stereocenters. The van der Waals surface area contributed by atoms with E-state index in [0.717, 1.165) is 11.8 Å². The lowest BCUT2D eigenvalue weighted by molar-refractivity contribution is -0.131. The van der Waals surface area contributed by atoms with E-state index >= 15 is 0 Å². The molecule has 12 heteroatoms. The Hall–Kier alpha value is -3.39. The van der Waals surface area contributed by atoms with E-state index in [1.807, 2.05) is 24.3 Å². The third kappa shape index (κ3) is 8.87. The maximum Gasteiger partial charge on any atom is 0.233 e. The fraction of sp³-hybridized carbons (Fsp3) is 0.424. The van der Waals surface area contributed by atoms with Crippen molar-refractivity contribution < 1.29 is 43.1 Å². The van der Waals surface area contributed by atoms with Crippen LogP contribution in [0.2, 0.25) is 0 Å². The van der Waals surface area contributed by atoms with Crippen LogP contribution in [0.5, 0.6) is 5.75 Å². The molecule has 1 aliphatic rings. The standard InChI is InChI=1S/C33H41FN2O8S/c1-45(43,44)35-18-2-3-22-4-11-26(12-5-22)36-31(27-13-6-23(19-30(27)40)16-17-33(42,20-37)21-38)28(32(36)41)14-15-29(39)24-7-9-25(34)10-8-24/h4-13,19,28-29,31,35,37-40,42H,2-3,14-18,20-21H2,1H3. The fourth-order valence-corrected chi connectivity index (χ4v) is 6.13. The number of benzene rings is 3. The van der Waals surface area contributed by atoms with Gasteiger partial charge in [-0.25, -0.2) is 17.5 Å². The Labute approximate surface area is 262 Å². The molecule has 1 amide bonds. The molecule has 3 aromatic carbocycles. The zero-order valence-electron chi connectivity index (χ0n) is 25.1. The maximum absolute atomic E-state index is 13.6. The molecule has 4 rings (SSSR count). The van der Waals surface area contributed by atoms with Gasteiger partial charge in [0, 0.05) is 17.8 Å². The molecule has 0 bridgehead atoms. The van der Waals surface area contributed by atoms with E-state index in [2.05, 4.69) is 4.72 Å². The second-order valence-corrected chi connectivity index (χ2v) is 13.6. The Kier molecular flexibility index (Phi) is 11.3. The lowest BCUT2D eigenvalue weighted by Gasteiger charge is -2.48. The first-order chi connectivity index (χ1) is 21.3. The molecular formula is C33H41FN2O8S. The lowest BCUT2D eigenvalue weighted by atomic mass is 9.77. The number of nitrogens with zero attached hydrogens (tertiary/aromatic N) is 1. The number of hydrogen-bond acceptors (Lipinski definition) is 8. The minimum Gasteiger partial charge on any atom is -0.508 e. The number of phenols is 1. The van der Waals surface area contributed by atoms with Crippen LogP contribution >= 0.6 is 0 Å². The molecule has 45 heavy (non-hydrogen) atoms. The summed E-state index contributed by atoms with van der Waals surface area (Å²) in [6.45, 7) is -0.893. The quantitative estimate of drug-likeness (QED) is 0.102. The topological polar surface area (TPSA) is 168 Å². The van der Waals surface area contributed by atoms with Crippen LogP contribution < -0.4 is 9.62 Å². The Morgan fingerprint density at radius 1 is 0.978 bits per heavy atom. The normalized spacial score (nSPS) is 17.7. The van der Waals surface area contributed by atoms with Crippen molar-refractivity contribution in [3.8, 4) is 5.75 Å². The number of rotatable bonds is 16. The van der Waals surface area contributed by atoms with Crippen molar-refractivity contribution in [3.63, 3.8) is 0 Å². The van der Waals surface area contributed by atoms with E-state index < -0.39 is 52.7 Å². The number of nitrogens with one attached hydrogen (secondary N) is 1. The summed E-state index contributed by atoms with van der Waals surface area (Å²) in [6.07, 6.45) is 2.35. The number of aliphatic hydroxyl groups is 4. The number of carbonyl (C=O) groups is 1. The van der Waals surface area contributed by atoms with Crippen LogP contribution in [0.4, 0.5) is 10.1 Å². The molecule has 1 saturated heterocycles. The van der Waals surface area contributed by atoms with Crippen LogP contribution in [0.25, 0.3) is 0 Å². The van der Waals surface area contributed by atoms with E-state index in [-0.39, 0.29) is 30.9 Å². The van der Waals surface area contributed by atoms with Gasteiger partial charge in [-0.15, -0.1) is 0 Å². The zero-order valence-corrected chi connectivity index (χ0v) is 26.0. The van der Waals surface area contributed by atoms with Gasteiger partial charge in [-0.3, -0.25) is 4.79 Å². The minimum atomic E-state index is -3.26. The van der Waals surface area contributed by atoms with Crippen LogP contribution in [-0.2, 0) is 27.7 Å². The molecule has 1 fully saturated rings. The summed E-state index contributed by atoms with van der Waals surface area (Å²) in [6, 6.07) is 17.4. The fourth-order valence-electron chi connectivity index (χ4n) is 5.62. The predicted octanol–water partition coefficient (Wildman–Crippen LogP) is 2.88. The lowest BCUT2D eigenvalue weighted by Crippen LogP contribution is -2.55. The third-order valence-corrected chi connectivity index (χ3v) is 9.05. The van der Waals surface area contributed by atoms with Gasteiger partial charge in [-0.1, -0.05) is 36.4 Å². The SMILES string of the molecule is CS(=O)(=O)NCCCc1ccc(N2C(=O)C(CCC(O)c3ccc(F)cc3)C2c2ccc(CCC(O)(CO)CO)cc2O)cc1. The van der Waals surface area contributed by atoms with Crippen molar-refractivity contribution in [3.05, 3.63) is 94.8 Å². The summed E-state index contributed by atoms with van der Waals surface area (Å²) in [5, 5.41) is 50.8. The van der Waals surface area contributed by atoms with Gasteiger partial charge in [0.25, 0.3) is 0 Å². The predicted molar refractivity (Wildman–Crippen MR) is 167 cm³/mol. The first-order valence-corrected chi connectivity index (χ1v) is 16.8. The molecule has 0 aliphatic carbocycles. The number of phenolic OH excluding ortho intramolecular Hbond substituents is 1. The Morgan fingerprint density at radius 2 is 1.62 bits per heavy atom. The highest BCUT2D eigenvalue weighted by Gasteiger charge is 2.49. The van der Waals surface area contributed by atoms with E-state index in [1.54, 1.807) is 23.1 Å². The van der Waals surface area contributed by atoms with Crippen LogP contribution in [0.3, 0.4) is 0 Å². The number of aliphatic hydroxyl groups excluding tert-OH is 3. The number of hydrogen-bond donors (Lipinski definition) is 6. The number of aromatic hydroxyl groups is 1. The third-order valence-electron chi connectivity index (χ3n) is 8.32. The largest absolute Gasteiger partial charge is 0.508 e. The van der Waals surface area contributed by atoms with Crippen LogP contribution in [0, 0.1) is 11.7 Å². The average molecular weight is 645 g/mol. The highest BCUT2D eigenvalue weighted by molar-refractivity contribution is 7.88. The molecule has 10 nitrogen and oxygen atoms in total. The van der Waals surface area contributed by atoms with Gasteiger partial charge in [0.1, 0.15) is 17.2 Å². The molecule has 1 heterocycles. The minimum absolute atomic E-state index is 0.0504. The number of sulfonamides is 1. The first-order valence-electron chi connectivity index (χ1n) is 14.9. The number of carbonyl (C=O) groups excluding carboxylic acids is 1. The Morgan fingerprint density at radius 3 is 2.22 bits per heavy atom. The summed E-state index contributed by atoms with van der Waals surface area (Å²) in [7, 11) is -3.26. The van der Waals surface area contributed by atoms with E-state index in [1.165, 1.54) is 24.3 Å². The van der Waals surface area contributed by atoms with Gasteiger partial charge < -0.3 is 30.4 Å². The molecule has 0 aromatic heterocycles. The van der Waals surface area contributed by atoms with Crippen molar-refractivity contribution >= 4 is 21.6 Å². The second kappa shape index (κ2) is 14.8. The molecule has 1 aliphatic heterocycles. The molecule has 0 spiro atoms. The highest BCUT2D eigenvalue weighted by atomic mass is 32.2. The molecule has 0 saturated carbocycles. The Bertz CT molecular complexity index is 1550. The smallest absolute Gasteiger partial charge is 0.233 e. The average Bonchev–Trinajstić information content (AvgIpc) is 3.01. The van der Waals surface area contributed by atoms with Crippen molar-refractivity contribution in [2.24, 2.45) is 5.92 Å². The number of anilines is 1. The first kappa shape index (κ1) is 34.5. The van der Waals surface area contributed by atoms with Crippen LogP contribution in [0.15, 0.2) is 66.7 Å². The van der Waals surface area contributed by atoms with E-state index in [9.17, 15) is 43.1 Å². The second-order valence-electron chi connectivity index (χ2n) is 11.8. The molecule has 244 valence electrons. The van der Waals surface area contributed by atoms with Gasteiger partial charge in [-0.2, -0.15) is 0 Å². The van der Waals surface area contributed by atoms with Gasteiger partial charge in [0.05, 0.1) is 37.5 Å². The summed E-state index contributed by atoms with van der Waals surface area (Å²) in [5.74, 6) is -1.18. The molecular weight excluding hydrogens is 603 g/mol. The van der Waals surface area contributed by atoms with Gasteiger partial charge in [0.15, 0.2) is 0 Å². The summed E-state index contributed by atoms with van der Waals surface area (Å²) in [5.41, 5.74) is 1.67. The molecule has 3 atom stereocenters. The van der Waals surface area contributed by atoms with Crippen molar-refractivity contribution in [2.45, 2.75) is 56.3 Å². The monoisotopic (exact) mass is 644 g/mol. The summed E-state index contributed by atoms with van der Waals surface area (Å²) in [4.78, 5) is 15.2. The van der Waals surface area contributed by atoms with Gasteiger partial charge >= 0.3 is 0 Å². The molecule has 3 aromatic rings. The van der Waals surface area contributed by atoms with Gasteiger partial charge in [-0.05, 0) is 85.5 Å². The number of aryl methyl sites for hydroxylation is 2. The van der Waals surface area contributed by atoms with Gasteiger partial charge in [0.2, 0.25) is 15.9 Å². The Balaban J connectivity index is 1.53. The highest BCUT2D eigenvalue weighted by Crippen LogP contribution is 2.48. The zero-order chi connectivity index (χ0) is 32.8. The van der Waals surface area contributed by atoms with Crippen LogP contribution in [-0.4, -0.2) is 71.5 Å². The summed E-state index contributed by atoms with van der Waals surface area (Å²) >= 11 is 0. The van der Waals surface area contributed by atoms with E-state index in [0.29, 0.717) is 48.2 Å². The number of amides is 1. The maximum atomic E-state index is 13.6. The summed E-state index contributed by atoms with van der Waals surface area (Å²) < 4.78 is 38.4. The van der Waals surface area contributed by atoms with Crippen molar-refractivity contribution in [1.29, 1.82) is 0 Å².